The minimum Gasteiger partial charge on any atom is -0.494 e. The summed E-state index contributed by atoms with van der Waals surface area (Å²) in [6, 6.07) is 8.47. The number of aliphatic hydroxyl groups is 1. The number of methoxy groups -OCH3 is 1. The van der Waals surface area contributed by atoms with E-state index in [1.165, 1.54) is 37.4 Å². The molecule has 0 unspecified atom stereocenters. The third-order valence-electron chi connectivity index (χ3n) is 2.52. The topological polar surface area (TPSA) is 85.5 Å². The Labute approximate surface area is 112 Å². The van der Waals surface area contributed by atoms with Crippen molar-refractivity contribution in [1.29, 1.82) is 0 Å². The molecule has 0 radical (unpaired) electrons. The lowest BCUT2D eigenvalue weighted by molar-refractivity contribution is -0.384. The molecule has 0 saturated heterocycles. The molecule has 0 spiro atoms. The zero-order valence-electron chi connectivity index (χ0n) is 12.0. The molecule has 19 heavy (non-hydrogen) atoms. The van der Waals surface area contributed by atoms with Crippen LogP contribution in [0.5, 0.6) is 5.75 Å². The Bertz CT molecular complexity index is 686. The molecular formula is C13H12N2O4. The molecule has 1 aromatic heterocycles. The van der Waals surface area contributed by atoms with Crippen molar-refractivity contribution in [3.05, 3.63) is 52.2 Å². The van der Waals surface area contributed by atoms with Crippen LogP contribution in [0.2, 0.25) is 0 Å². The van der Waals surface area contributed by atoms with Crippen LogP contribution in [0, 0.1) is 10.1 Å². The molecule has 0 aliphatic heterocycles. The van der Waals surface area contributed by atoms with Crippen LogP contribution in [0.4, 0.5) is 5.69 Å². The van der Waals surface area contributed by atoms with Crippen LogP contribution in [0.3, 0.4) is 0 Å². The molecule has 1 heterocycles. The Hall–Kier alpha value is -2.47. The van der Waals surface area contributed by atoms with Gasteiger partial charge in [0.2, 0.25) is 0 Å². The second-order valence-electron chi connectivity index (χ2n) is 3.67. The van der Waals surface area contributed by atoms with Crippen LogP contribution in [-0.2, 0) is 6.56 Å². The van der Waals surface area contributed by atoms with Gasteiger partial charge in [0, 0.05) is 17.7 Å². The lowest BCUT2D eigenvalue weighted by Gasteiger charge is -2.09. The van der Waals surface area contributed by atoms with E-state index in [9.17, 15) is 15.2 Å². The first-order valence-corrected chi connectivity index (χ1v) is 5.35. The zero-order valence-corrected chi connectivity index (χ0v) is 10.0. The van der Waals surface area contributed by atoms with Crippen LogP contribution in [0.1, 0.15) is 8.44 Å². The van der Waals surface area contributed by atoms with E-state index in [2.05, 4.69) is 4.98 Å². The van der Waals surface area contributed by atoms with Gasteiger partial charge in [-0.1, -0.05) is 12.1 Å². The van der Waals surface area contributed by atoms with E-state index < -0.39 is 11.5 Å². The summed E-state index contributed by atoms with van der Waals surface area (Å²) in [4.78, 5) is 14.3. The van der Waals surface area contributed by atoms with E-state index in [1.807, 2.05) is 0 Å². The highest BCUT2D eigenvalue weighted by atomic mass is 16.6. The highest BCUT2D eigenvalue weighted by molar-refractivity contribution is 5.68. The van der Waals surface area contributed by atoms with Gasteiger partial charge in [-0.3, -0.25) is 10.1 Å². The average molecular weight is 262 g/mol. The Balaban J connectivity index is 2.61. The number of hydrogen-bond donors (Lipinski definition) is 1. The summed E-state index contributed by atoms with van der Waals surface area (Å²) in [6.07, 6.45) is 0. The van der Waals surface area contributed by atoms with Gasteiger partial charge in [-0.2, -0.15) is 0 Å². The molecule has 0 fully saturated rings. The number of aromatic nitrogens is 1. The minimum absolute atomic E-state index is 0.117. The molecule has 1 aromatic carbocycles. The number of nitro benzene ring substituents is 1. The molecule has 0 aliphatic rings. The van der Waals surface area contributed by atoms with E-state index in [-0.39, 0.29) is 17.1 Å². The number of benzene rings is 1. The summed E-state index contributed by atoms with van der Waals surface area (Å²) < 4.78 is 19.7. The maximum Gasteiger partial charge on any atom is 0.270 e. The molecule has 0 amide bonds. The number of pyridine rings is 1. The summed E-state index contributed by atoms with van der Waals surface area (Å²) >= 11 is 0. The van der Waals surface area contributed by atoms with Gasteiger partial charge in [0.05, 0.1) is 27.0 Å². The molecule has 0 saturated carbocycles. The maximum atomic E-state index is 10.8. The third kappa shape index (κ3) is 2.69. The predicted molar refractivity (Wildman–Crippen MR) is 68.8 cm³/mol. The van der Waals surface area contributed by atoms with Gasteiger partial charge in [-0.25, -0.2) is 4.98 Å². The first kappa shape index (κ1) is 10.5. The molecular weight excluding hydrogens is 248 g/mol. The van der Waals surface area contributed by atoms with E-state index in [1.54, 1.807) is 6.07 Å². The maximum absolute atomic E-state index is 10.8. The van der Waals surface area contributed by atoms with Crippen LogP contribution in [-0.4, -0.2) is 22.1 Å². The molecule has 98 valence electrons. The number of hydrogen-bond acceptors (Lipinski definition) is 5. The van der Waals surface area contributed by atoms with Gasteiger partial charge in [0.25, 0.3) is 5.69 Å². The predicted octanol–water partition coefficient (Wildman–Crippen LogP) is 2.16. The number of ether oxygens (including phenoxy) is 1. The molecule has 0 bridgehead atoms. The number of nitrogens with zero attached hydrogens (tertiary/aromatic N) is 2. The Morgan fingerprint density at radius 3 is 2.89 bits per heavy atom. The lowest BCUT2D eigenvalue weighted by Crippen LogP contribution is -1.97. The van der Waals surface area contributed by atoms with E-state index >= 15 is 0 Å². The number of rotatable bonds is 4. The van der Waals surface area contributed by atoms with Crippen molar-refractivity contribution in [1.82, 2.24) is 4.98 Å². The summed E-state index contributed by atoms with van der Waals surface area (Å²) in [5, 5.41) is 20.2. The van der Waals surface area contributed by atoms with Crippen LogP contribution < -0.4 is 4.74 Å². The Kier molecular flexibility index (Phi) is 3.00. The largest absolute Gasteiger partial charge is 0.494 e. The smallest absolute Gasteiger partial charge is 0.270 e. The molecule has 1 N–H and O–H groups in total. The van der Waals surface area contributed by atoms with Crippen molar-refractivity contribution in [2.75, 3.05) is 7.11 Å². The highest BCUT2D eigenvalue weighted by Crippen LogP contribution is 2.30. The highest BCUT2D eigenvalue weighted by Gasteiger charge is 2.12. The summed E-state index contributed by atoms with van der Waals surface area (Å²) in [5.74, 6) is 0.323. The van der Waals surface area contributed by atoms with Gasteiger partial charge in [0.15, 0.2) is 0 Å². The van der Waals surface area contributed by atoms with E-state index in [0.29, 0.717) is 11.3 Å². The fourth-order valence-electron chi connectivity index (χ4n) is 1.65. The van der Waals surface area contributed by atoms with Crippen molar-refractivity contribution in [2.45, 2.75) is 6.56 Å². The monoisotopic (exact) mass is 262 g/mol. The van der Waals surface area contributed by atoms with Crippen molar-refractivity contribution in [3.8, 4) is 17.0 Å². The van der Waals surface area contributed by atoms with Crippen molar-refractivity contribution < 1.29 is 17.5 Å². The molecule has 2 aromatic rings. The Morgan fingerprint density at radius 1 is 1.47 bits per heavy atom. The summed E-state index contributed by atoms with van der Waals surface area (Å²) in [5.41, 5.74) is 0.294. The average Bonchev–Trinajstić information content (AvgIpc) is 2.45. The molecule has 6 nitrogen and oxygen atoms in total. The van der Waals surface area contributed by atoms with Gasteiger partial charge in [-0.15, -0.1) is 0 Å². The van der Waals surface area contributed by atoms with Crippen molar-refractivity contribution in [3.63, 3.8) is 0 Å². The van der Waals surface area contributed by atoms with Gasteiger partial charge in [-0.05, 0) is 12.1 Å². The second-order valence-corrected chi connectivity index (χ2v) is 3.67. The summed E-state index contributed by atoms with van der Waals surface area (Å²) in [6.45, 7) is -2.61. The van der Waals surface area contributed by atoms with Gasteiger partial charge >= 0.3 is 0 Å². The van der Waals surface area contributed by atoms with E-state index in [0.717, 1.165) is 0 Å². The number of nitro groups is 1. The number of non-ortho nitro benzene ring substituents is 1. The van der Waals surface area contributed by atoms with Crippen LogP contribution in [0.15, 0.2) is 36.4 Å². The molecule has 0 atom stereocenters. The Morgan fingerprint density at radius 2 is 2.26 bits per heavy atom. The molecule has 6 heteroatoms. The van der Waals surface area contributed by atoms with Gasteiger partial charge < -0.3 is 9.84 Å². The standard InChI is InChI=1S/C13H12N2O4/c1-19-12-6-5-10(8-16)14-13(12)9-3-2-4-11(7-9)15(17)18/h2-7,16H,8H2,1H3/i8D2. The quantitative estimate of drug-likeness (QED) is 0.674. The fourth-order valence-corrected chi connectivity index (χ4v) is 1.65. The molecule has 2 rings (SSSR count). The zero-order chi connectivity index (χ0) is 15.6. The fraction of sp³-hybridized carbons (Fsp3) is 0.154. The van der Waals surface area contributed by atoms with Crippen LogP contribution in [0.25, 0.3) is 11.3 Å². The first-order valence-electron chi connectivity index (χ1n) is 6.35. The van der Waals surface area contributed by atoms with E-state index in [4.69, 9.17) is 7.48 Å². The minimum atomic E-state index is -2.61. The SMILES string of the molecule is [2H]C([2H])(O)c1ccc(OC)c(-c2cccc([N+](=O)[O-])c2)n1. The lowest BCUT2D eigenvalue weighted by atomic mass is 10.1. The first-order chi connectivity index (χ1) is 9.82. The normalized spacial score (nSPS) is 12.5. The van der Waals surface area contributed by atoms with Crippen LogP contribution >= 0.6 is 0 Å². The second kappa shape index (κ2) is 5.45. The summed E-state index contributed by atoms with van der Waals surface area (Å²) in [7, 11) is 1.41. The van der Waals surface area contributed by atoms with Crippen molar-refractivity contribution >= 4 is 5.69 Å². The molecule has 0 aliphatic carbocycles. The third-order valence-corrected chi connectivity index (χ3v) is 2.52. The van der Waals surface area contributed by atoms with Gasteiger partial charge in [0.1, 0.15) is 11.4 Å². The van der Waals surface area contributed by atoms with Crippen molar-refractivity contribution in [2.24, 2.45) is 0 Å².